The normalized spacial score (nSPS) is 12.5. The number of hydrogen-bond acceptors (Lipinski definition) is 3. The molecule has 0 aliphatic carbocycles. The number of nitrogens with zero attached hydrogens (tertiary/aromatic N) is 2. The lowest BCUT2D eigenvalue weighted by Gasteiger charge is -2.06. The highest BCUT2D eigenvalue weighted by molar-refractivity contribution is 5.85. The molecule has 0 unspecified atom stereocenters. The predicted octanol–water partition coefficient (Wildman–Crippen LogP) is 1.69. The predicted molar refractivity (Wildman–Crippen MR) is 47.7 cm³/mol. The Morgan fingerprint density at radius 2 is 2.31 bits per heavy atom. The van der Waals surface area contributed by atoms with Crippen molar-refractivity contribution in [3.8, 4) is 0 Å². The van der Waals surface area contributed by atoms with Crippen molar-refractivity contribution in [1.29, 1.82) is 0 Å². The van der Waals surface area contributed by atoms with Gasteiger partial charge in [-0.2, -0.15) is 0 Å². The van der Waals surface area contributed by atoms with Crippen LogP contribution in [0.25, 0.3) is 0 Å². The Bertz CT molecular complexity index is 312. The highest BCUT2D eigenvalue weighted by atomic mass is 16.4. The number of carboxylic acids is 1. The standard InChI is InChI=1S/C9H12N2O2/c1-3-6(2)7-4-8(9(12)13)11-5-10-7/h4-6H,3H2,1-2H3,(H,12,13)/t6-/m1/s1. The van der Waals surface area contributed by atoms with Gasteiger partial charge in [0.05, 0.1) is 0 Å². The Labute approximate surface area is 76.7 Å². The minimum Gasteiger partial charge on any atom is -0.477 e. The van der Waals surface area contributed by atoms with Gasteiger partial charge in [-0.25, -0.2) is 14.8 Å². The van der Waals surface area contributed by atoms with Gasteiger partial charge in [0.25, 0.3) is 0 Å². The molecule has 0 aliphatic rings. The summed E-state index contributed by atoms with van der Waals surface area (Å²) in [6, 6.07) is 1.52. The van der Waals surface area contributed by atoms with Crippen molar-refractivity contribution >= 4 is 5.97 Å². The van der Waals surface area contributed by atoms with Crippen molar-refractivity contribution in [1.82, 2.24) is 9.97 Å². The first-order chi connectivity index (χ1) is 6.15. The maximum absolute atomic E-state index is 10.6. The van der Waals surface area contributed by atoms with Crippen LogP contribution in [-0.4, -0.2) is 21.0 Å². The summed E-state index contributed by atoms with van der Waals surface area (Å²) in [4.78, 5) is 18.2. The molecular formula is C9H12N2O2. The van der Waals surface area contributed by atoms with Crippen molar-refractivity contribution in [2.45, 2.75) is 26.2 Å². The zero-order valence-electron chi connectivity index (χ0n) is 7.69. The van der Waals surface area contributed by atoms with Gasteiger partial charge >= 0.3 is 5.97 Å². The van der Waals surface area contributed by atoms with Crippen molar-refractivity contribution in [2.75, 3.05) is 0 Å². The van der Waals surface area contributed by atoms with Crippen LogP contribution in [-0.2, 0) is 0 Å². The number of carbonyl (C=O) groups is 1. The van der Waals surface area contributed by atoms with E-state index >= 15 is 0 Å². The monoisotopic (exact) mass is 180 g/mol. The van der Waals surface area contributed by atoms with Crippen LogP contribution in [0, 0.1) is 0 Å². The molecule has 0 saturated heterocycles. The quantitative estimate of drug-likeness (QED) is 0.768. The van der Waals surface area contributed by atoms with E-state index < -0.39 is 5.97 Å². The minimum absolute atomic E-state index is 0.0605. The average Bonchev–Trinajstić information content (AvgIpc) is 2.17. The van der Waals surface area contributed by atoms with Gasteiger partial charge < -0.3 is 5.11 Å². The third kappa shape index (κ3) is 2.24. The minimum atomic E-state index is -1.01. The molecule has 13 heavy (non-hydrogen) atoms. The lowest BCUT2D eigenvalue weighted by molar-refractivity contribution is 0.0690. The summed E-state index contributed by atoms with van der Waals surface area (Å²) >= 11 is 0. The molecule has 0 radical (unpaired) electrons. The van der Waals surface area contributed by atoms with Crippen LogP contribution in [0.4, 0.5) is 0 Å². The van der Waals surface area contributed by atoms with Crippen molar-refractivity contribution < 1.29 is 9.90 Å². The van der Waals surface area contributed by atoms with Crippen LogP contribution in [0.2, 0.25) is 0 Å². The Morgan fingerprint density at radius 1 is 1.62 bits per heavy atom. The van der Waals surface area contributed by atoms with Crippen LogP contribution in [0.5, 0.6) is 0 Å². The second kappa shape index (κ2) is 3.98. The summed E-state index contributed by atoms with van der Waals surface area (Å²) in [5, 5.41) is 8.67. The zero-order valence-corrected chi connectivity index (χ0v) is 7.69. The summed E-state index contributed by atoms with van der Waals surface area (Å²) in [7, 11) is 0. The fourth-order valence-corrected chi connectivity index (χ4v) is 0.968. The average molecular weight is 180 g/mol. The molecule has 0 aliphatic heterocycles. The van der Waals surface area contributed by atoms with Gasteiger partial charge in [-0.05, 0) is 18.4 Å². The van der Waals surface area contributed by atoms with E-state index in [9.17, 15) is 4.79 Å². The molecule has 4 heteroatoms. The molecule has 1 atom stereocenters. The second-order valence-electron chi connectivity index (χ2n) is 2.94. The summed E-state index contributed by atoms with van der Waals surface area (Å²) in [6.07, 6.45) is 2.24. The van der Waals surface area contributed by atoms with E-state index in [-0.39, 0.29) is 11.6 Å². The first kappa shape index (κ1) is 9.64. The summed E-state index contributed by atoms with van der Waals surface area (Å²) < 4.78 is 0. The SMILES string of the molecule is CC[C@@H](C)c1cc(C(=O)O)ncn1. The summed E-state index contributed by atoms with van der Waals surface area (Å²) in [6.45, 7) is 4.04. The van der Waals surface area contributed by atoms with Gasteiger partial charge in [0.15, 0.2) is 5.69 Å². The van der Waals surface area contributed by atoms with E-state index in [4.69, 9.17) is 5.11 Å². The first-order valence-electron chi connectivity index (χ1n) is 4.20. The van der Waals surface area contributed by atoms with E-state index in [0.29, 0.717) is 0 Å². The maximum Gasteiger partial charge on any atom is 0.354 e. The van der Waals surface area contributed by atoms with Crippen molar-refractivity contribution in [3.05, 3.63) is 23.8 Å². The molecule has 1 N–H and O–H groups in total. The molecule has 0 aromatic carbocycles. The fraction of sp³-hybridized carbons (Fsp3) is 0.444. The zero-order chi connectivity index (χ0) is 9.84. The Hall–Kier alpha value is -1.45. The highest BCUT2D eigenvalue weighted by Gasteiger charge is 2.09. The van der Waals surface area contributed by atoms with Crippen LogP contribution in [0.3, 0.4) is 0 Å². The number of aromatic nitrogens is 2. The summed E-state index contributed by atoms with van der Waals surface area (Å²) in [5.74, 6) is -0.729. The third-order valence-corrected chi connectivity index (χ3v) is 2.02. The Balaban J connectivity index is 2.98. The third-order valence-electron chi connectivity index (χ3n) is 2.02. The topological polar surface area (TPSA) is 63.1 Å². The van der Waals surface area contributed by atoms with E-state index in [1.165, 1.54) is 12.4 Å². The van der Waals surface area contributed by atoms with E-state index in [2.05, 4.69) is 9.97 Å². The Morgan fingerprint density at radius 3 is 2.85 bits per heavy atom. The second-order valence-corrected chi connectivity index (χ2v) is 2.94. The molecule has 0 spiro atoms. The highest BCUT2D eigenvalue weighted by Crippen LogP contribution is 2.15. The maximum atomic E-state index is 10.6. The van der Waals surface area contributed by atoms with Crippen LogP contribution in [0.1, 0.15) is 42.4 Å². The fourth-order valence-electron chi connectivity index (χ4n) is 0.968. The van der Waals surface area contributed by atoms with Crippen LogP contribution >= 0.6 is 0 Å². The lowest BCUT2D eigenvalue weighted by atomic mass is 10.0. The largest absolute Gasteiger partial charge is 0.477 e. The smallest absolute Gasteiger partial charge is 0.354 e. The summed E-state index contributed by atoms with van der Waals surface area (Å²) in [5.41, 5.74) is 0.847. The molecule has 1 rings (SSSR count). The van der Waals surface area contributed by atoms with Crippen molar-refractivity contribution in [2.24, 2.45) is 0 Å². The van der Waals surface area contributed by atoms with Crippen LogP contribution in [0.15, 0.2) is 12.4 Å². The molecule has 1 heterocycles. The van der Waals surface area contributed by atoms with Gasteiger partial charge in [0.2, 0.25) is 0 Å². The van der Waals surface area contributed by atoms with Gasteiger partial charge in [0, 0.05) is 5.69 Å². The first-order valence-corrected chi connectivity index (χ1v) is 4.20. The van der Waals surface area contributed by atoms with E-state index in [1.807, 2.05) is 13.8 Å². The molecule has 70 valence electrons. The molecule has 1 aromatic rings. The molecule has 0 bridgehead atoms. The number of carboxylic acid groups (broad SMARTS) is 1. The van der Waals surface area contributed by atoms with E-state index in [0.717, 1.165) is 12.1 Å². The number of aromatic carboxylic acids is 1. The van der Waals surface area contributed by atoms with Gasteiger partial charge in [-0.1, -0.05) is 13.8 Å². The van der Waals surface area contributed by atoms with Crippen LogP contribution < -0.4 is 0 Å². The lowest BCUT2D eigenvalue weighted by Crippen LogP contribution is -2.04. The van der Waals surface area contributed by atoms with Crippen molar-refractivity contribution in [3.63, 3.8) is 0 Å². The van der Waals surface area contributed by atoms with E-state index in [1.54, 1.807) is 0 Å². The molecule has 0 amide bonds. The van der Waals surface area contributed by atoms with Gasteiger partial charge in [-0.15, -0.1) is 0 Å². The molecule has 4 nitrogen and oxygen atoms in total. The van der Waals surface area contributed by atoms with Gasteiger partial charge in [-0.3, -0.25) is 0 Å². The molecule has 1 aromatic heterocycles. The number of rotatable bonds is 3. The van der Waals surface area contributed by atoms with Gasteiger partial charge in [0.1, 0.15) is 6.33 Å². The molecule has 0 fully saturated rings. The molecule has 0 saturated carbocycles. The Kier molecular flexibility index (Phi) is 2.95. The molecular weight excluding hydrogens is 168 g/mol. The number of hydrogen-bond donors (Lipinski definition) is 1.